The van der Waals surface area contributed by atoms with E-state index < -0.39 is 18.0 Å². The van der Waals surface area contributed by atoms with Crippen LogP contribution >= 0.6 is 0 Å². The van der Waals surface area contributed by atoms with Crippen molar-refractivity contribution >= 4 is 17.7 Å². The van der Waals surface area contributed by atoms with Crippen LogP contribution in [0.4, 0.5) is 14.9 Å². The molecule has 25 heavy (non-hydrogen) atoms. The number of rotatable bonds is 6. The number of hydrogen-bond donors (Lipinski definition) is 1. The maximum atomic E-state index is 13.3. The topological polar surface area (TPSA) is 58.6 Å². The molecule has 1 fully saturated rings. The number of nitrogens with one attached hydrogen (secondary N) is 1. The molecule has 1 saturated heterocycles. The number of halogens is 1. The van der Waals surface area contributed by atoms with E-state index in [0.29, 0.717) is 18.5 Å². The molecule has 0 saturated carbocycles. The average Bonchev–Trinajstić information content (AvgIpc) is 3.00. The second-order valence-electron chi connectivity index (χ2n) is 5.89. The van der Waals surface area contributed by atoms with Gasteiger partial charge in [-0.2, -0.15) is 0 Å². The molecular formula is C19H19FN2O3. The predicted molar refractivity (Wildman–Crippen MR) is 91.8 cm³/mol. The summed E-state index contributed by atoms with van der Waals surface area (Å²) >= 11 is 0. The summed E-state index contributed by atoms with van der Waals surface area (Å²) in [7, 11) is 0. The molecular weight excluding hydrogens is 323 g/mol. The van der Waals surface area contributed by atoms with Gasteiger partial charge in [0.25, 0.3) is 0 Å². The third-order valence-corrected chi connectivity index (χ3v) is 4.00. The van der Waals surface area contributed by atoms with Crippen LogP contribution in [0.5, 0.6) is 0 Å². The number of ether oxygens (including phenoxy) is 1. The molecule has 1 aliphatic rings. The summed E-state index contributed by atoms with van der Waals surface area (Å²) < 4.78 is 18.5. The molecule has 0 bridgehead atoms. The van der Waals surface area contributed by atoms with Crippen LogP contribution in [0.25, 0.3) is 0 Å². The Morgan fingerprint density at radius 3 is 2.76 bits per heavy atom. The van der Waals surface area contributed by atoms with Crippen LogP contribution in [0, 0.1) is 5.82 Å². The van der Waals surface area contributed by atoms with Gasteiger partial charge in [-0.05, 0) is 30.2 Å². The fourth-order valence-electron chi connectivity index (χ4n) is 2.70. The number of amides is 2. The smallest absolute Gasteiger partial charge is 0.414 e. The fourth-order valence-corrected chi connectivity index (χ4v) is 2.70. The van der Waals surface area contributed by atoms with Crippen molar-refractivity contribution in [1.82, 2.24) is 5.32 Å². The van der Waals surface area contributed by atoms with Gasteiger partial charge in [0.1, 0.15) is 11.9 Å². The number of anilines is 1. The average molecular weight is 342 g/mol. The van der Waals surface area contributed by atoms with Gasteiger partial charge in [0.15, 0.2) is 0 Å². The molecule has 3 rings (SSSR count). The van der Waals surface area contributed by atoms with Crippen molar-refractivity contribution in [3.63, 3.8) is 0 Å². The zero-order valence-corrected chi connectivity index (χ0v) is 13.7. The molecule has 1 N–H and O–H groups in total. The van der Waals surface area contributed by atoms with E-state index in [1.165, 1.54) is 23.1 Å². The molecule has 1 unspecified atom stereocenters. The van der Waals surface area contributed by atoms with Crippen LogP contribution in [0.1, 0.15) is 12.0 Å². The van der Waals surface area contributed by atoms with Crippen LogP contribution in [0.2, 0.25) is 0 Å². The summed E-state index contributed by atoms with van der Waals surface area (Å²) in [4.78, 5) is 25.2. The van der Waals surface area contributed by atoms with Gasteiger partial charge in [-0.3, -0.25) is 9.69 Å². The lowest BCUT2D eigenvalue weighted by Crippen LogP contribution is -2.34. The summed E-state index contributed by atoms with van der Waals surface area (Å²) in [6.07, 6.45) is 0.0516. The highest BCUT2D eigenvalue weighted by atomic mass is 19.1. The van der Waals surface area contributed by atoms with E-state index in [-0.39, 0.29) is 19.0 Å². The SMILES string of the molecule is O=C(CCc1ccccc1)NCC1CN(c2cccc(F)c2)C(=O)O1. The summed E-state index contributed by atoms with van der Waals surface area (Å²) in [6.45, 7) is 0.520. The molecule has 5 nitrogen and oxygen atoms in total. The van der Waals surface area contributed by atoms with Crippen molar-refractivity contribution in [3.8, 4) is 0 Å². The quantitative estimate of drug-likeness (QED) is 0.878. The molecule has 0 radical (unpaired) electrons. The molecule has 0 spiro atoms. The Morgan fingerprint density at radius 2 is 2.00 bits per heavy atom. The summed E-state index contributed by atoms with van der Waals surface area (Å²) in [5.74, 6) is -0.507. The van der Waals surface area contributed by atoms with Crippen LogP contribution in [-0.2, 0) is 16.0 Å². The minimum absolute atomic E-state index is 0.0934. The van der Waals surface area contributed by atoms with Crippen molar-refractivity contribution in [1.29, 1.82) is 0 Å². The molecule has 2 aromatic carbocycles. The molecule has 130 valence electrons. The molecule has 1 atom stereocenters. The number of hydrogen-bond acceptors (Lipinski definition) is 3. The van der Waals surface area contributed by atoms with Gasteiger partial charge in [-0.1, -0.05) is 36.4 Å². The van der Waals surface area contributed by atoms with Crippen molar-refractivity contribution in [2.75, 3.05) is 18.0 Å². The summed E-state index contributed by atoms with van der Waals surface area (Å²) in [5, 5.41) is 2.78. The van der Waals surface area contributed by atoms with Gasteiger partial charge >= 0.3 is 6.09 Å². The first kappa shape index (κ1) is 17.0. The lowest BCUT2D eigenvalue weighted by molar-refractivity contribution is -0.121. The third kappa shape index (κ3) is 4.56. The monoisotopic (exact) mass is 342 g/mol. The normalized spacial score (nSPS) is 16.6. The minimum Gasteiger partial charge on any atom is -0.442 e. The Balaban J connectivity index is 1.46. The van der Waals surface area contributed by atoms with Crippen LogP contribution in [0.15, 0.2) is 54.6 Å². The van der Waals surface area contributed by atoms with E-state index in [9.17, 15) is 14.0 Å². The van der Waals surface area contributed by atoms with Gasteiger partial charge in [-0.15, -0.1) is 0 Å². The third-order valence-electron chi connectivity index (χ3n) is 4.00. The van der Waals surface area contributed by atoms with E-state index in [1.807, 2.05) is 30.3 Å². The van der Waals surface area contributed by atoms with E-state index >= 15 is 0 Å². The van der Waals surface area contributed by atoms with Crippen molar-refractivity contribution < 1.29 is 18.7 Å². The zero-order valence-electron chi connectivity index (χ0n) is 13.7. The first-order chi connectivity index (χ1) is 12.1. The maximum absolute atomic E-state index is 13.3. The number of benzene rings is 2. The van der Waals surface area contributed by atoms with Gasteiger partial charge in [-0.25, -0.2) is 9.18 Å². The van der Waals surface area contributed by atoms with Crippen LogP contribution in [0.3, 0.4) is 0 Å². The van der Waals surface area contributed by atoms with Crippen molar-refractivity contribution in [2.45, 2.75) is 18.9 Å². The first-order valence-electron chi connectivity index (χ1n) is 8.16. The standard InChI is InChI=1S/C19H19FN2O3/c20-15-7-4-8-16(11-15)22-13-17(25-19(22)24)12-21-18(23)10-9-14-5-2-1-3-6-14/h1-8,11,17H,9-10,12-13H2,(H,21,23). The van der Waals surface area contributed by atoms with Crippen molar-refractivity contribution in [3.05, 3.63) is 66.0 Å². The molecule has 1 heterocycles. The lowest BCUT2D eigenvalue weighted by atomic mass is 10.1. The number of cyclic esters (lactones) is 1. The number of carbonyl (C=O) groups is 2. The molecule has 0 aliphatic carbocycles. The lowest BCUT2D eigenvalue weighted by Gasteiger charge is -2.13. The van der Waals surface area contributed by atoms with E-state index in [1.54, 1.807) is 6.07 Å². The highest BCUT2D eigenvalue weighted by molar-refractivity contribution is 5.89. The molecule has 0 aromatic heterocycles. The molecule has 6 heteroatoms. The van der Waals surface area contributed by atoms with Gasteiger partial charge in [0.2, 0.25) is 5.91 Å². The fraction of sp³-hybridized carbons (Fsp3) is 0.263. The largest absolute Gasteiger partial charge is 0.442 e. The van der Waals surface area contributed by atoms with Crippen LogP contribution < -0.4 is 10.2 Å². The molecule has 2 amide bonds. The number of nitrogens with zero attached hydrogens (tertiary/aromatic N) is 1. The van der Waals surface area contributed by atoms with Gasteiger partial charge in [0.05, 0.1) is 18.8 Å². The molecule has 1 aliphatic heterocycles. The zero-order chi connectivity index (χ0) is 17.6. The van der Waals surface area contributed by atoms with Crippen molar-refractivity contribution in [2.24, 2.45) is 0 Å². The maximum Gasteiger partial charge on any atom is 0.414 e. The van der Waals surface area contributed by atoms with E-state index in [4.69, 9.17) is 4.74 Å². The highest BCUT2D eigenvalue weighted by Gasteiger charge is 2.32. The summed E-state index contributed by atoms with van der Waals surface area (Å²) in [6, 6.07) is 15.5. The number of carbonyl (C=O) groups excluding carboxylic acids is 2. The Morgan fingerprint density at radius 1 is 1.20 bits per heavy atom. The Labute approximate surface area is 145 Å². The van der Waals surface area contributed by atoms with Gasteiger partial charge < -0.3 is 10.1 Å². The Hall–Kier alpha value is -2.89. The van der Waals surface area contributed by atoms with E-state index in [2.05, 4.69) is 5.32 Å². The Bertz CT molecular complexity index is 751. The Kier molecular flexibility index (Phi) is 5.28. The summed E-state index contributed by atoms with van der Waals surface area (Å²) in [5.41, 5.74) is 1.55. The second kappa shape index (κ2) is 7.79. The predicted octanol–water partition coefficient (Wildman–Crippen LogP) is 2.90. The first-order valence-corrected chi connectivity index (χ1v) is 8.16. The minimum atomic E-state index is -0.533. The second-order valence-corrected chi connectivity index (χ2v) is 5.89. The number of aryl methyl sites for hydroxylation is 1. The highest BCUT2D eigenvalue weighted by Crippen LogP contribution is 2.22. The van der Waals surface area contributed by atoms with E-state index in [0.717, 1.165) is 5.56 Å². The van der Waals surface area contributed by atoms with Crippen LogP contribution in [-0.4, -0.2) is 31.2 Å². The van der Waals surface area contributed by atoms with Gasteiger partial charge in [0, 0.05) is 6.42 Å². The molecule has 2 aromatic rings.